The van der Waals surface area contributed by atoms with E-state index in [2.05, 4.69) is 10.3 Å². The minimum absolute atomic E-state index is 0.163. The molecule has 0 radical (unpaired) electrons. The molecule has 0 spiro atoms. The van der Waals surface area contributed by atoms with E-state index < -0.39 is 11.7 Å². The fraction of sp³-hybridized carbons (Fsp3) is 0.0769. The lowest BCUT2D eigenvalue weighted by atomic mass is 10.3. The van der Waals surface area contributed by atoms with Crippen molar-refractivity contribution in [2.75, 3.05) is 11.1 Å². The topological polar surface area (TPSA) is 68.0 Å². The van der Waals surface area contributed by atoms with E-state index in [0.717, 1.165) is 0 Å². The standard InChI is InChI=1S/C13H11F2N3OS/c14-13(15)20-11-4-2-1-3-9(11)18-12(19)10-6-5-8(16)7-17-10/h1-7,13H,16H2,(H,18,19). The summed E-state index contributed by atoms with van der Waals surface area (Å²) in [6.45, 7) is 0. The third kappa shape index (κ3) is 3.67. The lowest BCUT2D eigenvalue weighted by molar-refractivity contribution is 0.102. The van der Waals surface area contributed by atoms with E-state index in [1.165, 1.54) is 18.3 Å². The van der Waals surface area contributed by atoms with Gasteiger partial charge in [0, 0.05) is 4.90 Å². The summed E-state index contributed by atoms with van der Waals surface area (Å²) in [4.78, 5) is 16.1. The zero-order valence-corrected chi connectivity index (χ0v) is 11.0. The van der Waals surface area contributed by atoms with Crippen LogP contribution in [0, 0.1) is 0 Å². The van der Waals surface area contributed by atoms with Crippen LogP contribution in [0.5, 0.6) is 0 Å². The first-order valence-corrected chi connectivity index (χ1v) is 6.51. The predicted octanol–water partition coefficient (Wildman–Crippen LogP) is 3.23. The molecule has 1 amide bonds. The fourth-order valence-electron chi connectivity index (χ4n) is 1.49. The number of pyridine rings is 1. The number of alkyl halides is 2. The molecule has 3 N–H and O–H groups in total. The van der Waals surface area contributed by atoms with Crippen LogP contribution in [-0.4, -0.2) is 16.6 Å². The van der Waals surface area contributed by atoms with Gasteiger partial charge in [-0.3, -0.25) is 4.79 Å². The number of thioether (sulfide) groups is 1. The number of nitrogen functional groups attached to an aromatic ring is 1. The Balaban J connectivity index is 2.17. The third-order valence-corrected chi connectivity index (χ3v) is 3.16. The first-order valence-electron chi connectivity index (χ1n) is 5.63. The molecule has 0 fully saturated rings. The number of para-hydroxylation sites is 1. The molecule has 0 aliphatic carbocycles. The second kappa shape index (κ2) is 6.33. The van der Waals surface area contributed by atoms with Crippen LogP contribution in [0.2, 0.25) is 0 Å². The molecule has 2 aromatic rings. The van der Waals surface area contributed by atoms with Gasteiger partial charge in [0.15, 0.2) is 0 Å². The molecular weight excluding hydrogens is 284 g/mol. The number of rotatable bonds is 4. The van der Waals surface area contributed by atoms with E-state index in [1.807, 2.05) is 0 Å². The van der Waals surface area contributed by atoms with E-state index >= 15 is 0 Å². The monoisotopic (exact) mass is 295 g/mol. The van der Waals surface area contributed by atoms with Crippen molar-refractivity contribution < 1.29 is 13.6 Å². The molecule has 0 aliphatic rings. The molecule has 0 saturated carbocycles. The Morgan fingerprint density at radius 2 is 2.00 bits per heavy atom. The van der Waals surface area contributed by atoms with Crippen molar-refractivity contribution in [1.82, 2.24) is 4.98 Å². The third-order valence-electron chi connectivity index (χ3n) is 2.37. The Kier molecular flexibility index (Phi) is 4.52. The quantitative estimate of drug-likeness (QED) is 0.850. The second-order valence-electron chi connectivity index (χ2n) is 3.81. The highest BCUT2D eigenvalue weighted by atomic mass is 32.2. The van der Waals surface area contributed by atoms with Gasteiger partial charge in [-0.1, -0.05) is 23.9 Å². The average Bonchev–Trinajstić information content (AvgIpc) is 2.41. The zero-order chi connectivity index (χ0) is 14.5. The highest BCUT2D eigenvalue weighted by Gasteiger charge is 2.13. The van der Waals surface area contributed by atoms with Crippen LogP contribution in [0.3, 0.4) is 0 Å². The van der Waals surface area contributed by atoms with Crippen molar-refractivity contribution in [2.45, 2.75) is 10.7 Å². The molecule has 0 aliphatic heterocycles. The number of halogens is 2. The van der Waals surface area contributed by atoms with Gasteiger partial charge in [0.2, 0.25) is 0 Å². The summed E-state index contributed by atoms with van der Waals surface area (Å²) >= 11 is 0.376. The summed E-state index contributed by atoms with van der Waals surface area (Å²) < 4.78 is 24.9. The van der Waals surface area contributed by atoms with E-state index in [4.69, 9.17) is 5.73 Å². The molecule has 0 bridgehead atoms. The summed E-state index contributed by atoms with van der Waals surface area (Å²) in [5.74, 6) is -3.03. The summed E-state index contributed by atoms with van der Waals surface area (Å²) in [6.07, 6.45) is 1.36. The second-order valence-corrected chi connectivity index (χ2v) is 4.84. The van der Waals surface area contributed by atoms with E-state index in [9.17, 15) is 13.6 Å². The minimum atomic E-state index is -2.55. The number of amides is 1. The number of carbonyl (C=O) groups is 1. The van der Waals surface area contributed by atoms with Gasteiger partial charge in [-0.15, -0.1) is 0 Å². The van der Waals surface area contributed by atoms with Crippen molar-refractivity contribution in [3.63, 3.8) is 0 Å². The van der Waals surface area contributed by atoms with Crippen molar-refractivity contribution in [3.8, 4) is 0 Å². The zero-order valence-electron chi connectivity index (χ0n) is 10.2. The Morgan fingerprint density at radius 3 is 2.65 bits per heavy atom. The van der Waals surface area contributed by atoms with Crippen molar-refractivity contribution >= 4 is 29.0 Å². The van der Waals surface area contributed by atoms with Gasteiger partial charge < -0.3 is 11.1 Å². The van der Waals surface area contributed by atoms with Crippen LogP contribution in [0.1, 0.15) is 10.5 Å². The molecule has 1 aromatic heterocycles. The molecule has 4 nitrogen and oxygen atoms in total. The number of hydrogen-bond acceptors (Lipinski definition) is 4. The summed E-state index contributed by atoms with van der Waals surface area (Å²) in [6, 6.07) is 9.36. The smallest absolute Gasteiger partial charge is 0.288 e. The number of nitrogens with one attached hydrogen (secondary N) is 1. The first-order chi connectivity index (χ1) is 9.56. The maximum Gasteiger partial charge on any atom is 0.288 e. The summed E-state index contributed by atoms with van der Waals surface area (Å²) in [7, 11) is 0. The molecule has 2 rings (SSSR count). The van der Waals surface area contributed by atoms with Crippen molar-refractivity contribution in [3.05, 3.63) is 48.3 Å². The van der Waals surface area contributed by atoms with Gasteiger partial charge in [0.05, 0.1) is 17.6 Å². The highest BCUT2D eigenvalue weighted by Crippen LogP contribution is 2.31. The van der Waals surface area contributed by atoms with Gasteiger partial charge >= 0.3 is 0 Å². The largest absolute Gasteiger partial charge is 0.397 e. The number of nitrogens with zero attached hydrogens (tertiary/aromatic N) is 1. The van der Waals surface area contributed by atoms with E-state index in [1.54, 1.807) is 24.3 Å². The lowest BCUT2D eigenvalue weighted by Gasteiger charge is -2.10. The number of nitrogens with two attached hydrogens (primary N) is 1. The molecule has 0 atom stereocenters. The minimum Gasteiger partial charge on any atom is -0.397 e. The summed E-state index contributed by atoms with van der Waals surface area (Å²) in [5.41, 5.74) is 6.40. The molecule has 7 heteroatoms. The van der Waals surface area contributed by atoms with Gasteiger partial charge in [-0.05, 0) is 24.3 Å². The van der Waals surface area contributed by atoms with Gasteiger partial charge in [0.25, 0.3) is 11.7 Å². The summed E-state index contributed by atoms with van der Waals surface area (Å²) in [5, 5.41) is 2.56. The van der Waals surface area contributed by atoms with Crippen LogP contribution in [0.15, 0.2) is 47.5 Å². The van der Waals surface area contributed by atoms with Gasteiger partial charge in [-0.2, -0.15) is 8.78 Å². The van der Waals surface area contributed by atoms with Gasteiger partial charge in [0.1, 0.15) is 5.69 Å². The average molecular weight is 295 g/mol. The molecule has 104 valence electrons. The van der Waals surface area contributed by atoms with Crippen LogP contribution < -0.4 is 11.1 Å². The fourth-order valence-corrected chi connectivity index (χ4v) is 2.09. The number of aromatic nitrogens is 1. The van der Waals surface area contributed by atoms with E-state index in [-0.39, 0.29) is 5.69 Å². The van der Waals surface area contributed by atoms with Crippen LogP contribution in [0.4, 0.5) is 20.2 Å². The molecule has 1 aromatic carbocycles. The predicted molar refractivity (Wildman–Crippen MR) is 74.9 cm³/mol. The Hall–Kier alpha value is -2.15. The maximum atomic E-state index is 12.4. The molecule has 0 unspecified atom stereocenters. The van der Waals surface area contributed by atoms with Crippen molar-refractivity contribution in [2.24, 2.45) is 0 Å². The molecular formula is C13H11F2N3OS. The first kappa shape index (κ1) is 14.3. The normalized spacial score (nSPS) is 10.6. The Morgan fingerprint density at radius 1 is 1.25 bits per heavy atom. The molecule has 0 saturated heterocycles. The number of carbonyl (C=O) groups excluding carboxylic acids is 1. The van der Waals surface area contributed by atoms with Crippen LogP contribution in [-0.2, 0) is 0 Å². The van der Waals surface area contributed by atoms with E-state index in [0.29, 0.717) is 28.0 Å². The molecule has 20 heavy (non-hydrogen) atoms. The van der Waals surface area contributed by atoms with Crippen LogP contribution in [0.25, 0.3) is 0 Å². The Bertz CT molecular complexity index is 605. The highest BCUT2D eigenvalue weighted by molar-refractivity contribution is 7.99. The molecule has 1 heterocycles. The maximum absolute atomic E-state index is 12.4. The number of benzene rings is 1. The lowest BCUT2D eigenvalue weighted by Crippen LogP contribution is -2.14. The van der Waals surface area contributed by atoms with Crippen molar-refractivity contribution in [1.29, 1.82) is 0 Å². The van der Waals surface area contributed by atoms with Gasteiger partial charge in [-0.25, -0.2) is 4.98 Å². The number of hydrogen-bond donors (Lipinski definition) is 2. The van der Waals surface area contributed by atoms with Crippen LogP contribution >= 0.6 is 11.8 Å². The SMILES string of the molecule is Nc1ccc(C(=O)Nc2ccccc2SC(F)F)nc1. The Labute approximate surface area is 118 Å². The number of anilines is 2.